The largest absolute Gasteiger partial charge is 0.482 e. The van der Waals surface area contributed by atoms with Gasteiger partial charge in [-0.1, -0.05) is 0 Å². The summed E-state index contributed by atoms with van der Waals surface area (Å²) in [5.74, 6) is 0.157. The number of fused-ring (bicyclic) bond motifs is 1. The fraction of sp³-hybridized carbons (Fsp3) is 0.320. The van der Waals surface area contributed by atoms with Crippen molar-refractivity contribution in [3.63, 3.8) is 0 Å². The molecule has 3 aromatic rings. The summed E-state index contributed by atoms with van der Waals surface area (Å²) in [6.07, 6.45) is 2.18. The first-order chi connectivity index (χ1) is 16.6. The van der Waals surface area contributed by atoms with Crippen molar-refractivity contribution in [1.29, 1.82) is 0 Å². The van der Waals surface area contributed by atoms with E-state index in [0.717, 1.165) is 41.2 Å². The molecule has 1 aromatic heterocycles. The van der Waals surface area contributed by atoms with Gasteiger partial charge in [-0.25, -0.2) is 9.79 Å². The number of carbonyl (C=O) groups is 2. The Labute approximate surface area is 200 Å². The molecule has 2 aliphatic heterocycles. The van der Waals surface area contributed by atoms with Crippen LogP contribution in [0.5, 0.6) is 5.75 Å². The highest BCUT2D eigenvalue weighted by Gasteiger charge is 2.21. The van der Waals surface area contributed by atoms with Crippen LogP contribution in [0.3, 0.4) is 0 Å². The monoisotopic (exact) mass is 479 g/mol. The summed E-state index contributed by atoms with van der Waals surface area (Å²) >= 11 is 1.54. The lowest BCUT2D eigenvalue weighted by Gasteiger charge is -2.19. The van der Waals surface area contributed by atoms with Crippen LogP contribution in [-0.2, 0) is 20.8 Å². The Balaban J connectivity index is 1.51. The maximum atomic E-state index is 11.9. The predicted molar refractivity (Wildman–Crippen MR) is 128 cm³/mol. The molecule has 3 heterocycles. The standard InChI is InChI=1S/C25H25N3O5S/c1-2-31-24(30)16-5-8-18(9-6-16)26-25-28(13-19-4-3-11-32-19)21(15-34-25)17-7-10-22-20(12-17)27-23(29)14-33-22/h5-10,12,15,19H,2-4,11,13-14H2,1H3,(H,27,29). The van der Waals surface area contributed by atoms with Gasteiger partial charge >= 0.3 is 5.97 Å². The second-order valence-electron chi connectivity index (χ2n) is 8.08. The highest BCUT2D eigenvalue weighted by molar-refractivity contribution is 7.07. The number of benzene rings is 2. The quantitative estimate of drug-likeness (QED) is 0.537. The fourth-order valence-corrected chi connectivity index (χ4v) is 5.00. The Morgan fingerprint density at radius 2 is 2.12 bits per heavy atom. The second kappa shape index (κ2) is 9.82. The molecule has 0 aliphatic carbocycles. The molecule has 1 unspecified atom stereocenters. The van der Waals surface area contributed by atoms with Gasteiger partial charge in [-0.2, -0.15) is 0 Å². The van der Waals surface area contributed by atoms with E-state index < -0.39 is 0 Å². The molecule has 0 radical (unpaired) electrons. The molecule has 1 atom stereocenters. The number of carbonyl (C=O) groups excluding carboxylic acids is 2. The van der Waals surface area contributed by atoms with Crippen molar-refractivity contribution in [3.8, 4) is 17.0 Å². The molecule has 1 saturated heterocycles. The molecule has 2 aromatic carbocycles. The Kier molecular flexibility index (Phi) is 6.46. The third-order valence-corrected chi connectivity index (χ3v) is 6.58. The number of ether oxygens (including phenoxy) is 3. The van der Waals surface area contributed by atoms with Gasteiger partial charge in [0, 0.05) is 17.6 Å². The van der Waals surface area contributed by atoms with E-state index in [-0.39, 0.29) is 24.6 Å². The summed E-state index contributed by atoms with van der Waals surface area (Å²) in [6.45, 7) is 3.60. The molecule has 176 valence electrons. The Morgan fingerprint density at radius 3 is 2.88 bits per heavy atom. The minimum atomic E-state index is -0.343. The first-order valence-corrected chi connectivity index (χ1v) is 12.2. The van der Waals surface area contributed by atoms with Crippen molar-refractivity contribution in [2.75, 3.05) is 25.1 Å². The first-order valence-electron chi connectivity index (χ1n) is 11.3. The summed E-state index contributed by atoms with van der Waals surface area (Å²) in [5.41, 5.74) is 3.85. The number of thiazole rings is 1. The zero-order valence-corrected chi connectivity index (χ0v) is 19.6. The van der Waals surface area contributed by atoms with Crippen LogP contribution in [-0.4, -0.2) is 42.4 Å². The molecule has 5 rings (SSSR count). The van der Waals surface area contributed by atoms with Gasteiger partial charge in [0.25, 0.3) is 5.91 Å². The molecule has 8 nitrogen and oxygen atoms in total. The van der Waals surface area contributed by atoms with Crippen molar-refractivity contribution in [1.82, 2.24) is 4.57 Å². The number of nitrogens with one attached hydrogen (secondary N) is 1. The summed E-state index contributed by atoms with van der Waals surface area (Å²) in [6, 6.07) is 12.9. The SMILES string of the molecule is CCOC(=O)c1ccc(N=c2scc(-c3ccc4c(c3)NC(=O)CO4)n2CC2CCCO2)cc1. The van der Waals surface area contributed by atoms with Crippen LogP contribution < -0.4 is 14.9 Å². The van der Waals surface area contributed by atoms with Crippen molar-refractivity contribution in [2.45, 2.75) is 32.4 Å². The molecular weight excluding hydrogens is 454 g/mol. The average Bonchev–Trinajstić information content (AvgIpc) is 3.50. The lowest BCUT2D eigenvalue weighted by molar-refractivity contribution is -0.118. The minimum absolute atomic E-state index is 0.0296. The smallest absolute Gasteiger partial charge is 0.338 e. The molecule has 1 N–H and O–H groups in total. The normalized spacial score (nSPS) is 17.7. The van der Waals surface area contributed by atoms with Crippen molar-refractivity contribution >= 4 is 34.6 Å². The van der Waals surface area contributed by atoms with Gasteiger partial charge in [0.2, 0.25) is 0 Å². The molecule has 1 amide bonds. The number of esters is 1. The number of hydrogen-bond acceptors (Lipinski definition) is 7. The van der Waals surface area contributed by atoms with Gasteiger partial charge in [0.15, 0.2) is 11.4 Å². The lowest BCUT2D eigenvalue weighted by Crippen LogP contribution is -2.25. The third kappa shape index (κ3) is 4.76. The molecule has 0 saturated carbocycles. The zero-order valence-electron chi connectivity index (χ0n) is 18.8. The van der Waals surface area contributed by atoms with Gasteiger partial charge < -0.3 is 24.1 Å². The minimum Gasteiger partial charge on any atom is -0.482 e. The van der Waals surface area contributed by atoms with Gasteiger partial charge in [-0.05, 0) is 62.2 Å². The molecule has 34 heavy (non-hydrogen) atoms. The van der Waals surface area contributed by atoms with E-state index in [2.05, 4.69) is 15.3 Å². The Hall–Kier alpha value is -3.43. The topological polar surface area (TPSA) is 91.1 Å². The number of nitrogens with zero attached hydrogens (tertiary/aromatic N) is 2. The van der Waals surface area contributed by atoms with E-state index in [1.165, 1.54) is 11.3 Å². The van der Waals surface area contributed by atoms with Gasteiger partial charge in [0.05, 0.1) is 41.9 Å². The molecule has 2 aliphatic rings. The van der Waals surface area contributed by atoms with E-state index in [9.17, 15) is 9.59 Å². The second-order valence-corrected chi connectivity index (χ2v) is 8.91. The first kappa shape index (κ1) is 22.4. The summed E-state index contributed by atoms with van der Waals surface area (Å²) in [4.78, 5) is 29.4. The summed E-state index contributed by atoms with van der Waals surface area (Å²) < 4.78 is 18.6. The zero-order chi connectivity index (χ0) is 23.5. The van der Waals surface area contributed by atoms with E-state index >= 15 is 0 Å². The number of amides is 1. The van der Waals surface area contributed by atoms with Crippen LogP contribution in [0.2, 0.25) is 0 Å². The van der Waals surface area contributed by atoms with Gasteiger partial charge in [-0.15, -0.1) is 11.3 Å². The maximum Gasteiger partial charge on any atom is 0.338 e. The summed E-state index contributed by atoms with van der Waals surface area (Å²) in [5, 5.41) is 4.94. The van der Waals surface area contributed by atoms with Gasteiger partial charge in [-0.3, -0.25) is 4.79 Å². The van der Waals surface area contributed by atoms with Crippen LogP contribution in [0.1, 0.15) is 30.1 Å². The van der Waals surface area contributed by atoms with E-state index in [4.69, 9.17) is 19.2 Å². The maximum absolute atomic E-state index is 11.9. The lowest BCUT2D eigenvalue weighted by atomic mass is 10.1. The summed E-state index contributed by atoms with van der Waals surface area (Å²) in [7, 11) is 0. The van der Waals surface area contributed by atoms with Crippen molar-refractivity contribution in [2.24, 2.45) is 4.99 Å². The van der Waals surface area contributed by atoms with Crippen LogP contribution >= 0.6 is 11.3 Å². The molecular formula is C25H25N3O5S. The highest BCUT2D eigenvalue weighted by atomic mass is 32.1. The average molecular weight is 480 g/mol. The van der Waals surface area contributed by atoms with E-state index in [0.29, 0.717) is 30.2 Å². The van der Waals surface area contributed by atoms with Crippen LogP contribution in [0, 0.1) is 0 Å². The van der Waals surface area contributed by atoms with Crippen molar-refractivity contribution < 1.29 is 23.8 Å². The van der Waals surface area contributed by atoms with Crippen LogP contribution in [0.4, 0.5) is 11.4 Å². The highest BCUT2D eigenvalue weighted by Crippen LogP contribution is 2.33. The molecule has 1 fully saturated rings. The Bertz CT molecular complexity index is 1270. The number of anilines is 1. The number of rotatable bonds is 6. The van der Waals surface area contributed by atoms with E-state index in [1.807, 2.05) is 30.3 Å². The number of aromatic nitrogens is 1. The Morgan fingerprint density at radius 1 is 1.26 bits per heavy atom. The van der Waals surface area contributed by atoms with Crippen LogP contribution in [0.25, 0.3) is 11.3 Å². The third-order valence-electron chi connectivity index (χ3n) is 5.72. The molecule has 0 bridgehead atoms. The van der Waals surface area contributed by atoms with Crippen LogP contribution in [0.15, 0.2) is 52.8 Å². The fourth-order valence-electron chi connectivity index (χ4n) is 4.06. The molecule has 0 spiro atoms. The van der Waals surface area contributed by atoms with Gasteiger partial charge in [0.1, 0.15) is 5.75 Å². The predicted octanol–water partition coefficient (Wildman–Crippen LogP) is 4.14. The van der Waals surface area contributed by atoms with E-state index in [1.54, 1.807) is 19.1 Å². The molecule has 9 heteroatoms. The van der Waals surface area contributed by atoms with Crippen molar-refractivity contribution in [3.05, 3.63) is 58.2 Å². The number of hydrogen-bond donors (Lipinski definition) is 1.